The summed E-state index contributed by atoms with van der Waals surface area (Å²) in [6, 6.07) is 8.24. The Hall–Kier alpha value is -1.35. The molecule has 3 heteroatoms. The van der Waals surface area contributed by atoms with Gasteiger partial charge in [0.05, 0.1) is 13.0 Å². The number of esters is 1. The van der Waals surface area contributed by atoms with Gasteiger partial charge in [0.1, 0.15) is 0 Å². The molecule has 1 saturated carbocycles. The first kappa shape index (κ1) is 12.1. The zero-order valence-corrected chi connectivity index (χ0v) is 10.4. The van der Waals surface area contributed by atoms with Crippen LogP contribution in [0.3, 0.4) is 0 Å². The molecule has 0 spiro atoms. The van der Waals surface area contributed by atoms with Crippen LogP contribution in [0.2, 0.25) is 0 Å². The topological polar surface area (TPSA) is 52.3 Å². The van der Waals surface area contributed by atoms with Gasteiger partial charge in [-0.05, 0) is 30.4 Å². The van der Waals surface area contributed by atoms with E-state index in [-0.39, 0.29) is 17.4 Å². The van der Waals surface area contributed by atoms with Gasteiger partial charge in [0, 0.05) is 5.54 Å². The third-order valence-corrected chi connectivity index (χ3v) is 3.44. The molecule has 1 aliphatic rings. The summed E-state index contributed by atoms with van der Waals surface area (Å²) in [5.41, 5.74) is 8.39. The molecule has 0 heterocycles. The number of methoxy groups -OCH3 is 1. The average Bonchev–Trinajstić information content (AvgIpc) is 3.08. The molecule has 17 heavy (non-hydrogen) atoms. The van der Waals surface area contributed by atoms with Crippen molar-refractivity contribution in [3.05, 3.63) is 35.4 Å². The smallest absolute Gasteiger partial charge is 0.308 e. The van der Waals surface area contributed by atoms with E-state index in [1.54, 1.807) is 0 Å². The van der Waals surface area contributed by atoms with E-state index in [0.717, 1.165) is 18.4 Å². The number of rotatable bonds is 4. The number of carbonyl (C=O) groups is 1. The quantitative estimate of drug-likeness (QED) is 0.809. The van der Waals surface area contributed by atoms with Crippen molar-refractivity contribution >= 4 is 5.97 Å². The molecule has 0 bridgehead atoms. The number of benzene rings is 1. The van der Waals surface area contributed by atoms with Crippen LogP contribution in [0.15, 0.2) is 24.3 Å². The summed E-state index contributed by atoms with van der Waals surface area (Å²) < 4.78 is 4.73. The molecule has 2 rings (SSSR count). The van der Waals surface area contributed by atoms with Crippen molar-refractivity contribution in [2.24, 2.45) is 11.7 Å². The van der Waals surface area contributed by atoms with Gasteiger partial charge in [0.25, 0.3) is 0 Å². The highest BCUT2D eigenvalue weighted by atomic mass is 16.5. The first-order chi connectivity index (χ1) is 8.05. The van der Waals surface area contributed by atoms with E-state index in [2.05, 4.69) is 12.1 Å². The average molecular weight is 233 g/mol. The van der Waals surface area contributed by atoms with Crippen LogP contribution < -0.4 is 5.73 Å². The molecule has 1 aromatic carbocycles. The molecule has 0 aliphatic heterocycles. The third-order valence-electron chi connectivity index (χ3n) is 3.44. The first-order valence-corrected chi connectivity index (χ1v) is 6.01. The van der Waals surface area contributed by atoms with Crippen molar-refractivity contribution in [1.29, 1.82) is 0 Å². The summed E-state index contributed by atoms with van der Waals surface area (Å²) >= 11 is 0. The molecule has 0 amide bonds. The first-order valence-electron chi connectivity index (χ1n) is 6.01. The van der Waals surface area contributed by atoms with Gasteiger partial charge in [-0.3, -0.25) is 4.79 Å². The molecule has 1 fully saturated rings. The maximum Gasteiger partial charge on any atom is 0.308 e. The highest BCUT2D eigenvalue weighted by Gasteiger charge is 2.39. The minimum atomic E-state index is -0.163. The lowest BCUT2D eigenvalue weighted by molar-refractivity contribution is -0.144. The van der Waals surface area contributed by atoms with E-state index in [9.17, 15) is 4.79 Å². The van der Waals surface area contributed by atoms with Crippen molar-refractivity contribution in [1.82, 2.24) is 0 Å². The van der Waals surface area contributed by atoms with Crippen LogP contribution in [0, 0.1) is 5.92 Å². The maximum absolute atomic E-state index is 11.4. The van der Waals surface area contributed by atoms with Crippen molar-refractivity contribution in [3.8, 4) is 0 Å². The highest BCUT2D eigenvalue weighted by Crippen LogP contribution is 2.42. The van der Waals surface area contributed by atoms with Crippen LogP contribution in [0.25, 0.3) is 0 Å². The third kappa shape index (κ3) is 2.67. The molecule has 1 atom stereocenters. The molecule has 2 N–H and O–H groups in total. The zero-order chi connectivity index (χ0) is 12.5. The highest BCUT2D eigenvalue weighted by molar-refractivity contribution is 5.72. The molecule has 0 aromatic heterocycles. The molecule has 1 unspecified atom stereocenters. The Morgan fingerprint density at radius 1 is 1.53 bits per heavy atom. The Kier molecular flexibility index (Phi) is 3.20. The second-order valence-corrected chi connectivity index (χ2v) is 4.98. The van der Waals surface area contributed by atoms with Crippen molar-refractivity contribution < 1.29 is 9.53 Å². The minimum Gasteiger partial charge on any atom is -0.469 e. The lowest BCUT2D eigenvalue weighted by atomic mass is 9.97. The van der Waals surface area contributed by atoms with Crippen LogP contribution in [-0.2, 0) is 21.5 Å². The molecule has 0 saturated heterocycles. The number of ether oxygens (including phenoxy) is 1. The van der Waals surface area contributed by atoms with Gasteiger partial charge in [0.15, 0.2) is 0 Å². The molecular formula is C14H19NO2. The molecule has 0 radical (unpaired) electrons. The number of hydrogen-bond acceptors (Lipinski definition) is 3. The Balaban J connectivity index is 2.09. The summed E-state index contributed by atoms with van der Waals surface area (Å²) in [5.74, 6) is -0.271. The van der Waals surface area contributed by atoms with Crippen molar-refractivity contribution in [2.45, 2.75) is 31.7 Å². The van der Waals surface area contributed by atoms with E-state index in [0.29, 0.717) is 6.42 Å². The normalized spacial score (nSPS) is 18.5. The second-order valence-electron chi connectivity index (χ2n) is 4.98. The fourth-order valence-electron chi connectivity index (χ4n) is 2.07. The molecule has 3 nitrogen and oxygen atoms in total. The standard InChI is InChI=1S/C14H19NO2/c1-10(13(16)17-2)8-11-4-3-5-12(9-11)14(15)6-7-14/h3-5,9-10H,6-8,15H2,1-2H3. The molecule has 1 aliphatic carbocycles. The minimum absolute atomic E-state index is 0.107. The molecular weight excluding hydrogens is 214 g/mol. The van der Waals surface area contributed by atoms with Gasteiger partial charge in [-0.1, -0.05) is 31.2 Å². The van der Waals surface area contributed by atoms with Crippen LogP contribution in [0.1, 0.15) is 30.9 Å². The largest absolute Gasteiger partial charge is 0.469 e. The van der Waals surface area contributed by atoms with Gasteiger partial charge in [0.2, 0.25) is 0 Å². The summed E-state index contributed by atoms with van der Waals surface area (Å²) in [6.07, 6.45) is 2.82. The van der Waals surface area contributed by atoms with Crippen molar-refractivity contribution in [3.63, 3.8) is 0 Å². The summed E-state index contributed by atoms with van der Waals surface area (Å²) in [7, 11) is 1.42. The van der Waals surface area contributed by atoms with Gasteiger partial charge in [-0.25, -0.2) is 0 Å². The van der Waals surface area contributed by atoms with Crippen LogP contribution >= 0.6 is 0 Å². The Morgan fingerprint density at radius 3 is 2.82 bits per heavy atom. The molecule has 92 valence electrons. The molecule has 1 aromatic rings. The van der Waals surface area contributed by atoms with E-state index in [4.69, 9.17) is 10.5 Å². The van der Waals surface area contributed by atoms with Crippen LogP contribution in [-0.4, -0.2) is 13.1 Å². The fraction of sp³-hybridized carbons (Fsp3) is 0.500. The Morgan fingerprint density at radius 2 is 2.24 bits per heavy atom. The van der Waals surface area contributed by atoms with Crippen LogP contribution in [0.5, 0.6) is 0 Å². The maximum atomic E-state index is 11.4. The SMILES string of the molecule is COC(=O)C(C)Cc1cccc(C2(N)CC2)c1. The number of carbonyl (C=O) groups excluding carboxylic acids is 1. The summed E-state index contributed by atoms with van der Waals surface area (Å²) in [6.45, 7) is 1.88. The fourth-order valence-corrected chi connectivity index (χ4v) is 2.07. The second kappa shape index (κ2) is 4.49. The predicted octanol–water partition coefficient (Wildman–Crippen LogP) is 1.99. The predicted molar refractivity (Wildman–Crippen MR) is 66.4 cm³/mol. The lowest BCUT2D eigenvalue weighted by Crippen LogP contribution is -2.19. The number of hydrogen-bond donors (Lipinski definition) is 1. The number of nitrogens with two attached hydrogens (primary N) is 1. The van der Waals surface area contributed by atoms with E-state index in [1.807, 2.05) is 19.1 Å². The van der Waals surface area contributed by atoms with Gasteiger partial charge in [-0.2, -0.15) is 0 Å². The van der Waals surface area contributed by atoms with Gasteiger partial charge >= 0.3 is 5.97 Å². The van der Waals surface area contributed by atoms with E-state index in [1.165, 1.54) is 12.7 Å². The van der Waals surface area contributed by atoms with E-state index >= 15 is 0 Å². The van der Waals surface area contributed by atoms with Crippen LogP contribution in [0.4, 0.5) is 0 Å². The van der Waals surface area contributed by atoms with Gasteiger partial charge in [-0.15, -0.1) is 0 Å². The van der Waals surface area contributed by atoms with E-state index < -0.39 is 0 Å². The Labute approximate surface area is 102 Å². The summed E-state index contributed by atoms with van der Waals surface area (Å²) in [4.78, 5) is 11.4. The monoisotopic (exact) mass is 233 g/mol. The van der Waals surface area contributed by atoms with Gasteiger partial charge < -0.3 is 10.5 Å². The zero-order valence-electron chi connectivity index (χ0n) is 10.4. The summed E-state index contributed by atoms with van der Waals surface area (Å²) in [5, 5.41) is 0. The van der Waals surface area contributed by atoms with Crippen molar-refractivity contribution in [2.75, 3.05) is 7.11 Å². The lowest BCUT2D eigenvalue weighted by Gasteiger charge is -2.13. The Bertz CT molecular complexity index is 424.